The molecule has 3 rings (SSSR count). The highest BCUT2D eigenvalue weighted by molar-refractivity contribution is 5.69. The lowest BCUT2D eigenvalue weighted by molar-refractivity contribution is -0.0940. The van der Waals surface area contributed by atoms with E-state index in [0.29, 0.717) is 19.8 Å². The van der Waals surface area contributed by atoms with E-state index in [0.717, 1.165) is 11.1 Å². The molecule has 1 N–H and O–H groups in total. The molecule has 0 aromatic heterocycles. The van der Waals surface area contributed by atoms with Gasteiger partial charge in [-0.05, 0) is 29.9 Å². The minimum atomic E-state index is -0.867. The molecule has 5 atom stereocenters. The number of benzene rings is 2. The molecule has 0 unspecified atom stereocenters. The number of rotatable bonds is 9. The molecule has 168 valence electrons. The first-order chi connectivity index (χ1) is 15.0. The Hall–Kier alpha value is -2.41. The molecule has 1 fully saturated rings. The quantitative estimate of drug-likeness (QED) is 0.643. The lowest BCUT2D eigenvalue weighted by Crippen LogP contribution is -2.48. The van der Waals surface area contributed by atoms with Gasteiger partial charge in [-0.15, -0.1) is 0 Å². The van der Waals surface area contributed by atoms with Crippen LogP contribution < -0.4 is 0 Å². The zero-order chi connectivity index (χ0) is 22.2. The largest absolute Gasteiger partial charge is 0.450 e. The smallest absolute Gasteiger partial charge is 0.412 e. The summed E-state index contributed by atoms with van der Waals surface area (Å²) in [5, 5.41) is 11.1. The van der Waals surface area contributed by atoms with Crippen molar-refractivity contribution >= 4 is 6.09 Å². The van der Waals surface area contributed by atoms with Crippen molar-refractivity contribution in [3.8, 4) is 0 Å². The van der Waals surface area contributed by atoms with E-state index in [1.165, 1.54) is 4.90 Å². The molecule has 0 bridgehead atoms. The molecule has 1 heterocycles. The summed E-state index contributed by atoms with van der Waals surface area (Å²) in [5.74, 6) is -0.0747. The highest BCUT2D eigenvalue weighted by Gasteiger charge is 2.45. The van der Waals surface area contributed by atoms with Crippen LogP contribution in [0, 0.1) is 11.8 Å². The monoisotopic (exact) mass is 427 g/mol. The van der Waals surface area contributed by atoms with Crippen molar-refractivity contribution in [2.24, 2.45) is 11.8 Å². The van der Waals surface area contributed by atoms with Crippen LogP contribution in [0.2, 0.25) is 0 Å². The number of aliphatic hydroxyl groups is 1. The van der Waals surface area contributed by atoms with Crippen molar-refractivity contribution in [3.63, 3.8) is 0 Å². The Bertz CT molecular complexity index is 800. The summed E-state index contributed by atoms with van der Waals surface area (Å²) >= 11 is 0. The Morgan fingerprint density at radius 2 is 1.77 bits per heavy atom. The minimum absolute atomic E-state index is 0.0714. The summed E-state index contributed by atoms with van der Waals surface area (Å²) in [5.41, 5.74) is 2.07. The number of nitrogens with zero attached hydrogens (tertiary/aromatic N) is 1. The Morgan fingerprint density at radius 3 is 2.42 bits per heavy atom. The third-order valence-electron chi connectivity index (χ3n) is 5.92. The second-order valence-electron chi connectivity index (χ2n) is 8.08. The van der Waals surface area contributed by atoms with Crippen LogP contribution in [-0.4, -0.2) is 48.3 Å². The predicted molar refractivity (Wildman–Crippen MR) is 118 cm³/mol. The van der Waals surface area contributed by atoms with E-state index in [4.69, 9.17) is 14.2 Å². The predicted octanol–water partition coefficient (Wildman–Crippen LogP) is 4.39. The average Bonchev–Trinajstić information content (AvgIpc) is 3.25. The second-order valence-corrected chi connectivity index (χ2v) is 8.08. The molecule has 0 spiro atoms. The van der Waals surface area contributed by atoms with Crippen molar-refractivity contribution in [2.75, 3.05) is 19.8 Å². The van der Waals surface area contributed by atoms with E-state index in [2.05, 4.69) is 0 Å². The van der Waals surface area contributed by atoms with E-state index in [1.807, 2.05) is 74.5 Å². The number of amides is 1. The molecule has 31 heavy (non-hydrogen) atoms. The van der Waals surface area contributed by atoms with Gasteiger partial charge in [-0.25, -0.2) is 4.79 Å². The zero-order valence-electron chi connectivity index (χ0n) is 18.5. The van der Waals surface area contributed by atoms with Gasteiger partial charge in [-0.2, -0.15) is 0 Å². The van der Waals surface area contributed by atoms with Crippen molar-refractivity contribution < 1.29 is 24.1 Å². The van der Waals surface area contributed by atoms with Crippen molar-refractivity contribution in [1.82, 2.24) is 4.90 Å². The highest BCUT2D eigenvalue weighted by Crippen LogP contribution is 2.35. The zero-order valence-corrected chi connectivity index (χ0v) is 18.5. The van der Waals surface area contributed by atoms with Crippen LogP contribution in [0.3, 0.4) is 0 Å². The number of hydrogen-bond donors (Lipinski definition) is 1. The minimum Gasteiger partial charge on any atom is -0.450 e. The van der Waals surface area contributed by atoms with Gasteiger partial charge in [-0.1, -0.05) is 74.5 Å². The Morgan fingerprint density at radius 1 is 1.13 bits per heavy atom. The lowest BCUT2D eigenvalue weighted by atomic mass is 9.90. The fraction of sp³-hybridized carbons (Fsp3) is 0.480. The summed E-state index contributed by atoms with van der Waals surface area (Å²) in [4.78, 5) is 14.3. The van der Waals surface area contributed by atoms with Gasteiger partial charge in [-0.3, -0.25) is 4.90 Å². The standard InChI is InChI=1S/C25H33NO5/c1-4-30-25(28)26-22(21-13-9-6-10-14-21)17-31-24(26)23(27)19(3)18(2)15-29-16-20-11-7-5-8-12-20/h5-14,18-19,22-24,27H,4,15-17H2,1-3H3/t18-,19-,22+,23-,24-/m1/s1. The number of ether oxygens (including phenoxy) is 3. The molecule has 1 saturated heterocycles. The van der Waals surface area contributed by atoms with E-state index >= 15 is 0 Å². The number of hydrogen-bond acceptors (Lipinski definition) is 5. The van der Waals surface area contributed by atoms with Gasteiger partial charge >= 0.3 is 6.09 Å². The molecule has 0 aliphatic carbocycles. The van der Waals surface area contributed by atoms with Crippen LogP contribution in [0.1, 0.15) is 37.9 Å². The maximum atomic E-state index is 12.8. The number of carbonyl (C=O) groups is 1. The van der Waals surface area contributed by atoms with Gasteiger partial charge in [0.1, 0.15) is 6.10 Å². The van der Waals surface area contributed by atoms with Gasteiger partial charge in [0.2, 0.25) is 0 Å². The third kappa shape index (κ3) is 5.85. The molecular formula is C25H33NO5. The maximum Gasteiger partial charge on any atom is 0.412 e. The maximum absolute atomic E-state index is 12.8. The van der Waals surface area contributed by atoms with Crippen LogP contribution in [0.15, 0.2) is 60.7 Å². The molecule has 6 heteroatoms. The molecular weight excluding hydrogens is 394 g/mol. The molecule has 1 aliphatic rings. The average molecular weight is 428 g/mol. The molecule has 2 aromatic carbocycles. The van der Waals surface area contributed by atoms with Gasteiger partial charge < -0.3 is 19.3 Å². The first-order valence-electron chi connectivity index (χ1n) is 10.9. The molecule has 6 nitrogen and oxygen atoms in total. The van der Waals surface area contributed by atoms with E-state index in [1.54, 1.807) is 6.92 Å². The summed E-state index contributed by atoms with van der Waals surface area (Å²) in [6.07, 6.45) is -2.11. The van der Waals surface area contributed by atoms with E-state index in [-0.39, 0.29) is 24.5 Å². The van der Waals surface area contributed by atoms with Gasteiger partial charge in [0, 0.05) is 6.61 Å². The summed E-state index contributed by atoms with van der Waals surface area (Å²) in [6.45, 7) is 7.38. The van der Waals surface area contributed by atoms with Crippen LogP contribution >= 0.6 is 0 Å². The first kappa shape index (κ1) is 23.3. The van der Waals surface area contributed by atoms with Gasteiger partial charge in [0.15, 0.2) is 6.23 Å². The van der Waals surface area contributed by atoms with E-state index in [9.17, 15) is 9.90 Å². The summed E-state index contributed by atoms with van der Waals surface area (Å²) < 4.78 is 17.1. The SMILES string of the molecule is CCOC(=O)N1[C@@H]([C@H](O)[C@H](C)[C@H](C)COCc2ccccc2)OC[C@H]1c1ccccc1. The van der Waals surface area contributed by atoms with Crippen LogP contribution in [0.4, 0.5) is 4.79 Å². The van der Waals surface area contributed by atoms with Crippen LogP contribution in [0.5, 0.6) is 0 Å². The Balaban J connectivity index is 1.64. The highest BCUT2D eigenvalue weighted by atomic mass is 16.6. The van der Waals surface area contributed by atoms with E-state index < -0.39 is 18.4 Å². The number of aliphatic hydroxyl groups excluding tert-OH is 1. The van der Waals surface area contributed by atoms with Crippen molar-refractivity contribution in [2.45, 2.75) is 45.8 Å². The third-order valence-corrected chi connectivity index (χ3v) is 5.92. The molecule has 1 aliphatic heterocycles. The first-order valence-corrected chi connectivity index (χ1v) is 10.9. The van der Waals surface area contributed by atoms with Gasteiger partial charge in [0.05, 0.1) is 25.9 Å². The van der Waals surface area contributed by atoms with Crippen LogP contribution in [-0.2, 0) is 20.8 Å². The Kier molecular flexibility index (Phi) is 8.46. The molecule has 2 aromatic rings. The topological polar surface area (TPSA) is 68.2 Å². The van der Waals surface area contributed by atoms with Gasteiger partial charge in [0.25, 0.3) is 0 Å². The summed E-state index contributed by atoms with van der Waals surface area (Å²) in [7, 11) is 0. The lowest BCUT2D eigenvalue weighted by Gasteiger charge is -2.34. The normalized spacial score (nSPS) is 21.5. The fourth-order valence-electron chi connectivity index (χ4n) is 3.84. The molecule has 0 radical (unpaired) electrons. The van der Waals surface area contributed by atoms with Crippen molar-refractivity contribution in [3.05, 3.63) is 71.8 Å². The van der Waals surface area contributed by atoms with Crippen molar-refractivity contribution in [1.29, 1.82) is 0 Å². The number of carbonyl (C=O) groups excluding carboxylic acids is 1. The summed E-state index contributed by atoms with van der Waals surface area (Å²) in [6, 6.07) is 19.4. The molecule has 1 amide bonds. The van der Waals surface area contributed by atoms with Crippen LogP contribution in [0.25, 0.3) is 0 Å². The fourth-order valence-corrected chi connectivity index (χ4v) is 3.84. The second kappa shape index (κ2) is 11.3. The molecule has 0 saturated carbocycles. The Labute approximate surface area is 184 Å².